The molecule has 1 heterocycles. The fourth-order valence-electron chi connectivity index (χ4n) is 1.68. The van der Waals surface area contributed by atoms with Crippen molar-refractivity contribution in [2.45, 2.75) is 13.8 Å². The zero-order chi connectivity index (χ0) is 13.1. The Hall–Kier alpha value is -2.10. The molecule has 0 aliphatic heterocycles. The second-order valence-corrected chi connectivity index (χ2v) is 4.72. The van der Waals surface area contributed by atoms with E-state index < -0.39 is 0 Å². The molecule has 0 bridgehead atoms. The van der Waals surface area contributed by atoms with E-state index in [-0.39, 0.29) is 5.91 Å². The summed E-state index contributed by atoms with van der Waals surface area (Å²) in [5.74, 6) is 0.258. The lowest BCUT2D eigenvalue weighted by atomic mass is 10.1. The lowest BCUT2D eigenvalue weighted by Gasteiger charge is -2.08. The molecule has 0 radical (unpaired) electrons. The van der Waals surface area contributed by atoms with E-state index in [1.165, 1.54) is 0 Å². The first-order valence-electron chi connectivity index (χ1n) is 6.01. The van der Waals surface area contributed by atoms with E-state index in [1.807, 2.05) is 32.0 Å². The molecule has 2 aromatic rings. The van der Waals surface area contributed by atoms with Crippen molar-refractivity contribution in [3.8, 4) is 0 Å². The van der Waals surface area contributed by atoms with Crippen molar-refractivity contribution in [3.63, 3.8) is 0 Å². The Morgan fingerprint density at radius 2 is 2.11 bits per heavy atom. The molecule has 18 heavy (non-hydrogen) atoms. The average Bonchev–Trinajstić information content (AvgIpc) is 2.36. The number of hydrogen-bond donors (Lipinski definition) is 2. The van der Waals surface area contributed by atoms with Crippen molar-refractivity contribution in [1.29, 1.82) is 0 Å². The predicted molar refractivity (Wildman–Crippen MR) is 73.3 cm³/mol. The fraction of sp³-hybridized carbons (Fsp3) is 0.286. The van der Waals surface area contributed by atoms with Gasteiger partial charge in [0.15, 0.2) is 0 Å². The number of pyridine rings is 1. The summed E-state index contributed by atoms with van der Waals surface area (Å²) in [5, 5.41) is 3.78. The third-order valence-electron chi connectivity index (χ3n) is 2.65. The van der Waals surface area contributed by atoms with E-state index in [2.05, 4.69) is 10.3 Å². The molecule has 1 aromatic carbocycles. The van der Waals surface area contributed by atoms with Crippen LogP contribution in [0.5, 0.6) is 0 Å². The molecule has 0 aliphatic carbocycles. The van der Waals surface area contributed by atoms with Crippen molar-refractivity contribution >= 4 is 22.5 Å². The van der Waals surface area contributed by atoms with E-state index in [0.717, 1.165) is 5.39 Å². The summed E-state index contributed by atoms with van der Waals surface area (Å²) in [7, 11) is 0. The number of carbonyl (C=O) groups excluding carboxylic acids is 1. The van der Waals surface area contributed by atoms with Gasteiger partial charge in [-0.2, -0.15) is 0 Å². The number of hydrogen-bond acceptors (Lipinski definition) is 3. The normalized spacial score (nSPS) is 10.8. The number of nitrogen functional groups attached to an aromatic ring is 1. The van der Waals surface area contributed by atoms with Gasteiger partial charge in [-0.3, -0.25) is 4.79 Å². The number of benzene rings is 1. The van der Waals surface area contributed by atoms with Crippen LogP contribution < -0.4 is 11.1 Å². The van der Waals surface area contributed by atoms with E-state index in [1.54, 1.807) is 12.1 Å². The molecule has 4 heteroatoms. The van der Waals surface area contributed by atoms with Crippen molar-refractivity contribution in [2.24, 2.45) is 5.92 Å². The number of carbonyl (C=O) groups is 1. The minimum Gasteiger partial charge on any atom is -0.397 e. The van der Waals surface area contributed by atoms with E-state index in [9.17, 15) is 4.79 Å². The van der Waals surface area contributed by atoms with Gasteiger partial charge in [-0.25, -0.2) is 4.98 Å². The SMILES string of the molecule is CC(C)CNC(=O)c1ccc2cccc(N)c2n1. The summed E-state index contributed by atoms with van der Waals surface area (Å²) < 4.78 is 0. The van der Waals surface area contributed by atoms with Gasteiger partial charge in [-0.15, -0.1) is 0 Å². The quantitative estimate of drug-likeness (QED) is 0.812. The standard InChI is InChI=1S/C14H17N3O/c1-9(2)8-16-14(18)12-7-6-10-4-3-5-11(15)13(10)17-12/h3-7,9H,8,15H2,1-2H3,(H,16,18). The molecule has 1 amide bonds. The van der Waals surface area contributed by atoms with Crippen LogP contribution >= 0.6 is 0 Å². The molecular formula is C14H17N3O. The van der Waals surface area contributed by atoms with Crippen LogP contribution in [0.3, 0.4) is 0 Å². The van der Waals surface area contributed by atoms with Gasteiger partial charge in [0.2, 0.25) is 0 Å². The van der Waals surface area contributed by atoms with Gasteiger partial charge in [-0.05, 0) is 18.1 Å². The van der Waals surface area contributed by atoms with Crippen LogP contribution in [0.1, 0.15) is 24.3 Å². The average molecular weight is 243 g/mol. The van der Waals surface area contributed by atoms with E-state index in [4.69, 9.17) is 5.73 Å². The highest BCUT2D eigenvalue weighted by atomic mass is 16.1. The van der Waals surface area contributed by atoms with Crippen molar-refractivity contribution in [3.05, 3.63) is 36.0 Å². The summed E-state index contributed by atoms with van der Waals surface area (Å²) in [6.45, 7) is 4.74. The monoisotopic (exact) mass is 243 g/mol. The fourth-order valence-corrected chi connectivity index (χ4v) is 1.68. The summed E-state index contributed by atoms with van der Waals surface area (Å²) in [6.07, 6.45) is 0. The summed E-state index contributed by atoms with van der Waals surface area (Å²) >= 11 is 0. The van der Waals surface area contributed by atoms with Crippen LogP contribution in [0, 0.1) is 5.92 Å². The Morgan fingerprint density at radius 3 is 2.83 bits per heavy atom. The predicted octanol–water partition coefficient (Wildman–Crippen LogP) is 2.20. The van der Waals surface area contributed by atoms with E-state index >= 15 is 0 Å². The molecule has 0 fully saturated rings. The van der Waals surface area contributed by atoms with Crippen LogP contribution in [0.2, 0.25) is 0 Å². The highest BCUT2D eigenvalue weighted by Crippen LogP contribution is 2.18. The molecule has 2 rings (SSSR count). The Kier molecular flexibility index (Phi) is 3.46. The lowest BCUT2D eigenvalue weighted by molar-refractivity contribution is 0.0944. The van der Waals surface area contributed by atoms with Crippen LogP contribution in [-0.2, 0) is 0 Å². The van der Waals surface area contributed by atoms with Crippen LogP contribution in [-0.4, -0.2) is 17.4 Å². The summed E-state index contributed by atoms with van der Waals surface area (Å²) in [5.41, 5.74) is 7.52. The van der Waals surface area contributed by atoms with Crippen molar-refractivity contribution in [1.82, 2.24) is 10.3 Å². The molecule has 94 valence electrons. The number of para-hydroxylation sites is 1. The molecule has 0 saturated carbocycles. The van der Waals surface area contributed by atoms with Crippen molar-refractivity contribution < 1.29 is 4.79 Å². The highest BCUT2D eigenvalue weighted by Gasteiger charge is 2.09. The van der Waals surface area contributed by atoms with Gasteiger partial charge in [0.05, 0.1) is 11.2 Å². The molecule has 0 atom stereocenters. The van der Waals surface area contributed by atoms with Gasteiger partial charge in [0, 0.05) is 11.9 Å². The topological polar surface area (TPSA) is 68.0 Å². The Balaban J connectivity index is 2.29. The number of amides is 1. The zero-order valence-corrected chi connectivity index (χ0v) is 10.6. The lowest BCUT2D eigenvalue weighted by Crippen LogP contribution is -2.28. The number of nitrogens with two attached hydrogens (primary N) is 1. The molecule has 0 unspecified atom stereocenters. The number of anilines is 1. The Bertz CT molecular complexity index is 578. The van der Waals surface area contributed by atoms with Gasteiger partial charge in [-0.1, -0.05) is 32.0 Å². The number of nitrogens with zero attached hydrogens (tertiary/aromatic N) is 1. The van der Waals surface area contributed by atoms with Crippen LogP contribution in [0.4, 0.5) is 5.69 Å². The Labute approximate surface area is 106 Å². The third-order valence-corrected chi connectivity index (χ3v) is 2.65. The van der Waals surface area contributed by atoms with E-state index in [0.29, 0.717) is 29.4 Å². The maximum Gasteiger partial charge on any atom is 0.269 e. The molecule has 0 spiro atoms. The summed E-state index contributed by atoms with van der Waals surface area (Å²) in [4.78, 5) is 16.2. The van der Waals surface area contributed by atoms with Gasteiger partial charge in [0.1, 0.15) is 5.69 Å². The number of nitrogens with one attached hydrogen (secondary N) is 1. The first kappa shape index (κ1) is 12.4. The number of aromatic nitrogens is 1. The number of fused-ring (bicyclic) bond motifs is 1. The van der Waals surface area contributed by atoms with Gasteiger partial charge < -0.3 is 11.1 Å². The Morgan fingerprint density at radius 1 is 1.33 bits per heavy atom. The second-order valence-electron chi connectivity index (χ2n) is 4.72. The van der Waals surface area contributed by atoms with Crippen molar-refractivity contribution in [2.75, 3.05) is 12.3 Å². The molecule has 0 aliphatic rings. The molecule has 3 N–H and O–H groups in total. The summed E-state index contributed by atoms with van der Waals surface area (Å²) in [6, 6.07) is 9.16. The maximum atomic E-state index is 11.9. The first-order valence-corrected chi connectivity index (χ1v) is 6.01. The first-order chi connectivity index (χ1) is 8.58. The molecule has 0 saturated heterocycles. The second kappa shape index (κ2) is 5.04. The van der Waals surface area contributed by atoms with Crippen LogP contribution in [0.15, 0.2) is 30.3 Å². The third kappa shape index (κ3) is 2.59. The largest absolute Gasteiger partial charge is 0.397 e. The molecule has 1 aromatic heterocycles. The highest BCUT2D eigenvalue weighted by molar-refractivity contribution is 5.97. The smallest absolute Gasteiger partial charge is 0.269 e. The van der Waals surface area contributed by atoms with Crippen LogP contribution in [0.25, 0.3) is 10.9 Å². The maximum absolute atomic E-state index is 11.9. The minimum absolute atomic E-state index is 0.158. The van der Waals surface area contributed by atoms with Gasteiger partial charge >= 0.3 is 0 Å². The van der Waals surface area contributed by atoms with Gasteiger partial charge in [0.25, 0.3) is 5.91 Å². The molecular weight excluding hydrogens is 226 g/mol. The number of rotatable bonds is 3. The minimum atomic E-state index is -0.158. The zero-order valence-electron chi connectivity index (χ0n) is 10.6. The molecule has 4 nitrogen and oxygen atoms in total.